The minimum atomic E-state index is -1.12. The van der Waals surface area contributed by atoms with Crippen molar-refractivity contribution in [3.63, 3.8) is 0 Å². The normalized spacial score (nSPS) is 13.5. The smallest absolute Gasteiger partial charge is 0.401 e. The average molecular weight is 281 g/mol. The lowest BCUT2D eigenvalue weighted by atomic mass is 10.2. The third kappa shape index (κ3) is 1.84. The number of aryl methyl sites for hydroxylation is 1. The number of halogens is 1. The van der Waals surface area contributed by atoms with Gasteiger partial charge in [0, 0.05) is 11.4 Å². The fourth-order valence-electron chi connectivity index (χ4n) is 2.34. The first-order valence-electron chi connectivity index (χ1n) is 5.85. The van der Waals surface area contributed by atoms with E-state index in [4.69, 9.17) is 11.6 Å². The molecule has 0 bridgehead atoms. The number of carboxylic acids is 1. The van der Waals surface area contributed by atoms with Gasteiger partial charge in [0.2, 0.25) is 5.69 Å². The Bertz CT molecular complexity index is 732. The molecule has 0 aliphatic carbocycles. The average Bonchev–Trinajstić information content (AvgIpc) is 2.93. The molecule has 0 fully saturated rings. The van der Waals surface area contributed by atoms with E-state index < -0.39 is 5.97 Å². The van der Waals surface area contributed by atoms with Crippen molar-refractivity contribution < 1.29 is 14.6 Å². The van der Waals surface area contributed by atoms with E-state index in [1.165, 1.54) is 16.8 Å². The summed E-state index contributed by atoms with van der Waals surface area (Å²) in [6, 6.07) is 4.42. The Morgan fingerprint density at radius 1 is 1.47 bits per heavy atom. The zero-order valence-electron chi connectivity index (χ0n) is 9.89. The second-order valence-corrected chi connectivity index (χ2v) is 4.85. The summed E-state index contributed by atoms with van der Waals surface area (Å²) in [5.74, 6) is -1.12. The first kappa shape index (κ1) is 12.0. The van der Waals surface area contributed by atoms with Gasteiger partial charge in [-0.3, -0.25) is 0 Å². The van der Waals surface area contributed by atoms with Gasteiger partial charge in [0.1, 0.15) is 12.1 Å². The summed E-state index contributed by atoms with van der Waals surface area (Å²) < 4.78 is 3.01. The predicted octanol–water partition coefficient (Wildman–Crippen LogP) is 0.751. The second-order valence-electron chi connectivity index (χ2n) is 4.41. The topological polar surface area (TPSA) is 79.0 Å². The molecule has 0 atom stereocenters. The van der Waals surface area contributed by atoms with Crippen LogP contribution >= 0.6 is 11.6 Å². The zero-order chi connectivity index (χ0) is 13.6. The molecule has 7 heteroatoms. The number of nitrogens with zero attached hydrogens (tertiary/aromatic N) is 2. The molecule has 98 valence electrons. The number of nitrogens with one attached hydrogen (secondary N) is 1. The van der Waals surface area contributed by atoms with Crippen LogP contribution in [-0.2, 0) is 13.0 Å². The quantitative estimate of drug-likeness (QED) is 0.797. The van der Waals surface area contributed by atoms with Gasteiger partial charge in [0.25, 0.3) is 0 Å². The molecule has 2 N–H and O–H groups in total. The lowest BCUT2D eigenvalue weighted by molar-refractivity contribution is -0.749. The van der Waals surface area contributed by atoms with E-state index in [1.54, 1.807) is 10.7 Å². The lowest BCUT2D eigenvalue weighted by Gasteiger charge is -2.01. The summed E-state index contributed by atoms with van der Waals surface area (Å²) in [6.07, 6.45) is 1.63. The predicted molar refractivity (Wildman–Crippen MR) is 66.9 cm³/mol. The van der Waals surface area contributed by atoms with Crippen LogP contribution in [0.1, 0.15) is 22.5 Å². The van der Waals surface area contributed by atoms with E-state index in [1.807, 2.05) is 0 Å². The summed E-state index contributed by atoms with van der Waals surface area (Å²) in [7, 11) is 0. The molecule has 1 aromatic heterocycles. The van der Waals surface area contributed by atoms with Gasteiger partial charge in [-0.25, -0.2) is 9.59 Å². The Morgan fingerprint density at radius 3 is 2.95 bits per heavy atom. The van der Waals surface area contributed by atoms with Crippen LogP contribution in [0.15, 0.2) is 23.0 Å². The molecule has 6 nitrogen and oxygen atoms in total. The third-order valence-corrected chi connectivity index (χ3v) is 3.46. The standard InChI is InChI=1S/C12H10ClN3O3/c13-7-3-4-9(8(6-7)12(18)19)16-11(17)10-2-1-5-15(10)14-16/h3-4,6H,1-2,5H2,(H-,14,17,18,19)/p+1. The van der Waals surface area contributed by atoms with Gasteiger partial charge in [0.15, 0.2) is 5.69 Å². The van der Waals surface area contributed by atoms with E-state index in [9.17, 15) is 14.7 Å². The number of rotatable bonds is 2. The maximum Gasteiger partial charge on any atom is 0.401 e. The van der Waals surface area contributed by atoms with E-state index in [-0.39, 0.29) is 11.1 Å². The Labute approximate surface area is 112 Å². The summed E-state index contributed by atoms with van der Waals surface area (Å²) >= 11 is 5.80. The van der Waals surface area contributed by atoms with Gasteiger partial charge in [-0.1, -0.05) is 21.5 Å². The van der Waals surface area contributed by atoms with Gasteiger partial charge in [-0.15, -0.1) is 0 Å². The van der Waals surface area contributed by atoms with Crippen molar-refractivity contribution >= 4 is 17.6 Å². The molecule has 19 heavy (non-hydrogen) atoms. The minimum absolute atomic E-state index is 0.00452. The van der Waals surface area contributed by atoms with Gasteiger partial charge in [0.05, 0.1) is 0 Å². The minimum Gasteiger partial charge on any atom is -0.478 e. The first-order chi connectivity index (χ1) is 9.08. The molecule has 1 aromatic carbocycles. The summed E-state index contributed by atoms with van der Waals surface area (Å²) in [6.45, 7) is 0.744. The highest BCUT2D eigenvalue weighted by molar-refractivity contribution is 6.31. The molecule has 2 heterocycles. The van der Waals surface area contributed by atoms with Crippen molar-refractivity contribution in [1.82, 2.24) is 9.90 Å². The molecule has 1 aliphatic rings. The Balaban J connectivity index is 2.23. The van der Waals surface area contributed by atoms with Crippen molar-refractivity contribution in [2.75, 3.05) is 0 Å². The van der Waals surface area contributed by atoms with Gasteiger partial charge < -0.3 is 5.11 Å². The molecule has 0 saturated heterocycles. The van der Waals surface area contributed by atoms with Crippen molar-refractivity contribution in [2.24, 2.45) is 0 Å². The molecule has 0 amide bonds. The van der Waals surface area contributed by atoms with Crippen molar-refractivity contribution in [2.45, 2.75) is 19.4 Å². The van der Waals surface area contributed by atoms with Gasteiger partial charge in [-0.2, -0.15) is 4.68 Å². The summed E-state index contributed by atoms with van der Waals surface area (Å²) in [5.41, 5.74) is 0.757. The largest absolute Gasteiger partial charge is 0.478 e. The number of hydrogen-bond acceptors (Lipinski definition) is 2. The highest BCUT2D eigenvalue weighted by Crippen LogP contribution is 2.18. The number of benzene rings is 1. The van der Waals surface area contributed by atoms with E-state index in [2.05, 4.69) is 5.21 Å². The van der Waals surface area contributed by atoms with Crippen LogP contribution in [0.4, 0.5) is 0 Å². The van der Waals surface area contributed by atoms with Crippen LogP contribution in [0.3, 0.4) is 0 Å². The van der Waals surface area contributed by atoms with Gasteiger partial charge >= 0.3 is 11.5 Å². The molecule has 0 radical (unpaired) electrons. The number of aromatic carboxylic acids is 1. The van der Waals surface area contributed by atoms with Crippen molar-refractivity contribution in [1.29, 1.82) is 0 Å². The van der Waals surface area contributed by atoms with Crippen LogP contribution in [0, 0.1) is 0 Å². The Hall–Kier alpha value is -2.08. The van der Waals surface area contributed by atoms with Crippen LogP contribution < -0.4 is 10.2 Å². The Kier molecular flexibility index (Phi) is 2.67. The first-order valence-corrected chi connectivity index (χ1v) is 6.22. The molecule has 0 unspecified atom stereocenters. The van der Waals surface area contributed by atoms with E-state index >= 15 is 0 Å². The molecule has 0 spiro atoms. The van der Waals surface area contributed by atoms with Crippen molar-refractivity contribution in [3.05, 3.63) is 44.8 Å². The molecule has 3 rings (SSSR count). The lowest BCUT2D eigenvalue weighted by Crippen LogP contribution is -2.35. The second kappa shape index (κ2) is 4.24. The summed E-state index contributed by atoms with van der Waals surface area (Å²) in [5, 5.41) is 12.4. The fraction of sp³-hybridized carbons (Fsp3) is 0.250. The SMILES string of the molecule is O=C(O)c1cc(Cl)ccc1-n1[nH][n+]2c(c1=O)CCC2. The van der Waals surface area contributed by atoms with Crippen LogP contribution in [0.25, 0.3) is 5.69 Å². The molecule has 0 saturated carbocycles. The molecular formula is C12H11ClN3O3+. The maximum absolute atomic E-state index is 12.2. The van der Waals surface area contributed by atoms with E-state index in [0.717, 1.165) is 13.0 Å². The number of hydrogen-bond donors (Lipinski definition) is 2. The highest BCUT2D eigenvalue weighted by Gasteiger charge is 2.29. The highest BCUT2D eigenvalue weighted by atomic mass is 35.5. The number of aromatic amines is 1. The number of aromatic nitrogens is 3. The van der Waals surface area contributed by atoms with Crippen LogP contribution in [0.2, 0.25) is 5.02 Å². The number of carbonyl (C=O) groups is 1. The number of carboxylic acid groups (broad SMARTS) is 1. The number of H-pyrrole nitrogens is 1. The van der Waals surface area contributed by atoms with Gasteiger partial charge in [-0.05, 0) is 24.6 Å². The van der Waals surface area contributed by atoms with Crippen molar-refractivity contribution in [3.8, 4) is 5.69 Å². The molecule has 1 aliphatic heterocycles. The Morgan fingerprint density at radius 2 is 2.26 bits per heavy atom. The maximum atomic E-state index is 12.2. The monoisotopic (exact) mass is 280 g/mol. The molecular weight excluding hydrogens is 270 g/mol. The van der Waals surface area contributed by atoms with E-state index in [0.29, 0.717) is 22.8 Å². The van der Waals surface area contributed by atoms with Crippen LogP contribution in [0.5, 0.6) is 0 Å². The third-order valence-electron chi connectivity index (χ3n) is 3.22. The summed E-state index contributed by atoms with van der Waals surface area (Å²) in [4.78, 5) is 23.4. The van der Waals surface area contributed by atoms with Crippen LogP contribution in [-0.4, -0.2) is 21.0 Å². The zero-order valence-corrected chi connectivity index (χ0v) is 10.6. The fourth-order valence-corrected chi connectivity index (χ4v) is 2.51. The number of fused-ring (bicyclic) bond motifs is 1. The molecule has 2 aromatic rings.